The molecule has 8 heteroatoms. The van der Waals surface area contributed by atoms with E-state index in [2.05, 4.69) is 20.4 Å². The molecule has 1 aliphatic heterocycles. The molecule has 1 N–H and O–H groups in total. The zero-order valence-corrected chi connectivity index (χ0v) is 18.1. The standard InChI is InChI=1S/C23H24N4O3S/c1-2-30-23(29)17-6-3-4-7-18(17)24-22(28)16-11-13-27(14-12-16)21-10-9-19(25-26-21)20-8-5-15-31-20/h3-10,15-16H,2,11-14H2,1H3,(H,24,28). The molecular weight excluding hydrogens is 412 g/mol. The van der Waals surface area contributed by atoms with Gasteiger partial charge in [-0.05, 0) is 55.5 Å². The van der Waals surface area contributed by atoms with Crippen molar-refractivity contribution >= 4 is 34.7 Å². The Morgan fingerprint density at radius 2 is 1.90 bits per heavy atom. The summed E-state index contributed by atoms with van der Waals surface area (Å²) in [7, 11) is 0. The predicted octanol–water partition coefficient (Wildman–Crippen LogP) is 4.24. The van der Waals surface area contributed by atoms with E-state index in [1.165, 1.54) is 0 Å². The molecule has 0 bridgehead atoms. The van der Waals surface area contributed by atoms with Crippen molar-refractivity contribution in [2.75, 3.05) is 29.9 Å². The largest absolute Gasteiger partial charge is 0.462 e. The quantitative estimate of drug-likeness (QED) is 0.582. The zero-order chi connectivity index (χ0) is 21.6. The number of para-hydroxylation sites is 1. The molecule has 0 spiro atoms. The smallest absolute Gasteiger partial charge is 0.340 e. The third-order valence-electron chi connectivity index (χ3n) is 5.29. The van der Waals surface area contributed by atoms with Crippen molar-refractivity contribution < 1.29 is 14.3 Å². The predicted molar refractivity (Wildman–Crippen MR) is 121 cm³/mol. The van der Waals surface area contributed by atoms with Crippen LogP contribution < -0.4 is 10.2 Å². The number of ether oxygens (including phenoxy) is 1. The van der Waals surface area contributed by atoms with E-state index in [4.69, 9.17) is 4.74 Å². The van der Waals surface area contributed by atoms with Crippen molar-refractivity contribution in [2.45, 2.75) is 19.8 Å². The van der Waals surface area contributed by atoms with Gasteiger partial charge in [-0.3, -0.25) is 4.79 Å². The van der Waals surface area contributed by atoms with Crippen LogP contribution in [0.5, 0.6) is 0 Å². The van der Waals surface area contributed by atoms with Crippen LogP contribution in [0.25, 0.3) is 10.6 Å². The summed E-state index contributed by atoms with van der Waals surface area (Å²) in [5.74, 6) is 0.199. The van der Waals surface area contributed by atoms with Gasteiger partial charge in [0.25, 0.3) is 0 Å². The number of piperidine rings is 1. The summed E-state index contributed by atoms with van der Waals surface area (Å²) in [6.45, 7) is 3.50. The van der Waals surface area contributed by atoms with Gasteiger partial charge in [-0.2, -0.15) is 0 Å². The highest BCUT2D eigenvalue weighted by Crippen LogP contribution is 2.26. The summed E-state index contributed by atoms with van der Waals surface area (Å²) < 4.78 is 5.08. The van der Waals surface area contributed by atoms with Gasteiger partial charge in [-0.1, -0.05) is 18.2 Å². The van der Waals surface area contributed by atoms with Crippen molar-refractivity contribution in [3.8, 4) is 10.6 Å². The highest BCUT2D eigenvalue weighted by atomic mass is 32.1. The number of nitrogens with zero attached hydrogens (tertiary/aromatic N) is 3. The van der Waals surface area contributed by atoms with Gasteiger partial charge in [0, 0.05) is 19.0 Å². The fourth-order valence-corrected chi connectivity index (χ4v) is 4.32. The Morgan fingerprint density at radius 3 is 2.58 bits per heavy atom. The van der Waals surface area contributed by atoms with Crippen LogP contribution in [0.2, 0.25) is 0 Å². The van der Waals surface area contributed by atoms with Crippen LogP contribution in [0.15, 0.2) is 53.9 Å². The second kappa shape index (κ2) is 9.70. The SMILES string of the molecule is CCOC(=O)c1ccccc1NC(=O)C1CCN(c2ccc(-c3cccs3)nn2)CC1. The lowest BCUT2D eigenvalue weighted by Gasteiger charge is -2.31. The summed E-state index contributed by atoms with van der Waals surface area (Å²) in [6, 6.07) is 14.9. The summed E-state index contributed by atoms with van der Waals surface area (Å²) in [4.78, 5) is 28.2. The number of rotatable bonds is 6. The number of amides is 1. The maximum Gasteiger partial charge on any atom is 0.340 e. The molecule has 7 nitrogen and oxygen atoms in total. The number of benzene rings is 1. The Kier molecular flexibility index (Phi) is 6.57. The maximum absolute atomic E-state index is 12.8. The van der Waals surface area contributed by atoms with Gasteiger partial charge in [0.1, 0.15) is 5.69 Å². The minimum Gasteiger partial charge on any atom is -0.462 e. The Balaban J connectivity index is 1.35. The Morgan fingerprint density at radius 1 is 1.10 bits per heavy atom. The third kappa shape index (κ3) is 4.91. The Hall–Kier alpha value is -3.26. The summed E-state index contributed by atoms with van der Waals surface area (Å²) >= 11 is 1.64. The molecule has 0 saturated carbocycles. The van der Waals surface area contributed by atoms with E-state index in [0.717, 1.165) is 29.5 Å². The second-order valence-electron chi connectivity index (χ2n) is 7.27. The highest BCUT2D eigenvalue weighted by Gasteiger charge is 2.27. The number of anilines is 2. The highest BCUT2D eigenvalue weighted by molar-refractivity contribution is 7.13. The number of thiophene rings is 1. The van der Waals surface area contributed by atoms with Gasteiger partial charge < -0.3 is 15.0 Å². The number of carbonyl (C=O) groups excluding carboxylic acids is 2. The first kappa shape index (κ1) is 21.0. The normalized spacial score (nSPS) is 14.3. The summed E-state index contributed by atoms with van der Waals surface area (Å²) in [6.07, 6.45) is 1.42. The first-order chi connectivity index (χ1) is 15.2. The molecular formula is C23H24N4O3S. The van der Waals surface area contributed by atoms with E-state index in [1.807, 2.05) is 29.6 Å². The van der Waals surface area contributed by atoms with Crippen LogP contribution in [-0.4, -0.2) is 41.8 Å². The third-order valence-corrected chi connectivity index (χ3v) is 6.19. The van der Waals surface area contributed by atoms with Crippen LogP contribution in [0, 0.1) is 5.92 Å². The van der Waals surface area contributed by atoms with E-state index in [9.17, 15) is 9.59 Å². The molecule has 0 atom stereocenters. The van der Waals surface area contributed by atoms with Crippen molar-refractivity contribution in [1.82, 2.24) is 10.2 Å². The van der Waals surface area contributed by atoms with Crippen LogP contribution >= 0.6 is 11.3 Å². The van der Waals surface area contributed by atoms with Gasteiger partial charge in [-0.15, -0.1) is 21.5 Å². The lowest BCUT2D eigenvalue weighted by atomic mass is 9.95. The molecule has 2 aromatic heterocycles. The monoisotopic (exact) mass is 436 g/mol. The van der Waals surface area contributed by atoms with Crippen LogP contribution in [0.1, 0.15) is 30.1 Å². The van der Waals surface area contributed by atoms with Crippen LogP contribution in [0.3, 0.4) is 0 Å². The van der Waals surface area contributed by atoms with E-state index < -0.39 is 5.97 Å². The molecule has 1 aromatic carbocycles. The van der Waals surface area contributed by atoms with Gasteiger partial charge in [0.2, 0.25) is 5.91 Å². The average molecular weight is 437 g/mol. The van der Waals surface area contributed by atoms with Gasteiger partial charge in [0.05, 0.1) is 22.7 Å². The molecule has 1 fully saturated rings. The molecule has 0 unspecified atom stereocenters. The number of carbonyl (C=O) groups is 2. The van der Waals surface area contributed by atoms with E-state index in [1.54, 1.807) is 42.5 Å². The number of esters is 1. The molecule has 31 heavy (non-hydrogen) atoms. The summed E-state index contributed by atoms with van der Waals surface area (Å²) in [5, 5.41) is 13.7. The molecule has 0 aliphatic carbocycles. The Labute approximate surface area is 185 Å². The van der Waals surface area contributed by atoms with Gasteiger partial charge >= 0.3 is 5.97 Å². The van der Waals surface area contributed by atoms with Gasteiger partial charge in [-0.25, -0.2) is 4.79 Å². The number of nitrogens with one attached hydrogen (secondary N) is 1. The number of hydrogen-bond acceptors (Lipinski definition) is 7. The number of aromatic nitrogens is 2. The van der Waals surface area contributed by atoms with E-state index in [-0.39, 0.29) is 18.4 Å². The Bertz CT molecular complexity index is 1030. The fourth-order valence-electron chi connectivity index (χ4n) is 3.63. The first-order valence-corrected chi connectivity index (χ1v) is 11.2. The molecule has 4 rings (SSSR count). The first-order valence-electron chi connectivity index (χ1n) is 10.3. The average Bonchev–Trinajstić information content (AvgIpc) is 3.35. The lowest BCUT2D eigenvalue weighted by Crippen LogP contribution is -2.38. The van der Waals surface area contributed by atoms with E-state index >= 15 is 0 Å². The number of hydrogen-bond donors (Lipinski definition) is 1. The molecule has 3 aromatic rings. The molecule has 160 valence electrons. The lowest BCUT2D eigenvalue weighted by molar-refractivity contribution is -0.120. The van der Waals surface area contributed by atoms with Crippen molar-refractivity contribution in [1.29, 1.82) is 0 Å². The van der Waals surface area contributed by atoms with Crippen molar-refractivity contribution in [3.63, 3.8) is 0 Å². The molecule has 1 saturated heterocycles. The van der Waals surface area contributed by atoms with Crippen LogP contribution in [0.4, 0.5) is 11.5 Å². The summed E-state index contributed by atoms with van der Waals surface area (Å²) in [5.41, 5.74) is 1.73. The topological polar surface area (TPSA) is 84.4 Å². The van der Waals surface area contributed by atoms with Crippen LogP contribution in [-0.2, 0) is 9.53 Å². The van der Waals surface area contributed by atoms with Crippen molar-refractivity contribution in [3.05, 3.63) is 59.5 Å². The van der Waals surface area contributed by atoms with Gasteiger partial charge in [0.15, 0.2) is 5.82 Å². The molecule has 1 amide bonds. The molecule has 3 heterocycles. The fraction of sp³-hybridized carbons (Fsp3) is 0.304. The van der Waals surface area contributed by atoms with Crippen molar-refractivity contribution in [2.24, 2.45) is 5.92 Å². The minimum atomic E-state index is -0.433. The van der Waals surface area contributed by atoms with E-state index in [0.29, 0.717) is 24.1 Å². The zero-order valence-electron chi connectivity index (χ0n) is 17.3. The molecule has 0 radical (unpaired) electrons. The maximum atomic E-state index is 12.8. The second-order valence-corrected chi connectivity index (χ2v) is 8.22. The molecule has 1 aliphatic rings. The minimum absolute atomic E-state index is 0.0736.